The molecule has 0 N–H and O–H groups in total. The van der Waals surface area contributed by atoms with E-state index < -0.39 is 35.8 Å². The van der Waals surface area contributed by atoms with E-state index in [1.54, 1.807) is 35.4 Å². The number of hydroxylamine groups is 1. The van der Waals surface area contributed by atoms with Crippen LogP contribution in [0.5, 0.6) is 11.5 Å². The van der Waals surface area contributed by atoms with Crippen LogP contribution in [0.25, 0.3) is 0 Å². The van der Waals surface area contributed by atoms with Crippen LogP contribution < -0.4 is 19.4 Å². The maximum absolute atomic E-state index is 13.9. The SMILES string of the molecule is COc1cc([C@H]2[C@H]3C(=O)N(c4ccc(C)cc4)C(=O)[C@H]3ON2c2ccccc2)ccc1OC(=O)c1ccc(F)cc1. The average Bonchev–Trinajstić information content (AvgIpc) is 3.50. The van der Waals surface area contributed by atoms with Crippen molar-refractivity contribution >= 4 is 29.2 Å². The molecule has 0 spiro atoms. The predicted molar refractivity (Wildman–Crippen MR) is 148 cm³/mol. The number of halogens is 1. The second-order valence-corrected chi connectivity index (χ2v) is 9.81. The summed E-state index contributed by atoms with van der Waals surface area (Å²) in [6.45, 7) is 1.93. The molecule has 4 aromatic carbocycles. The van der Waals surface area contributed by atoms with Gasteiger partial charge in [-0.2, -0.15) is 0 Å². The third-order valence-corrected chi connectivity index (χ3v) is 7.23. The Balaban J connectivity index is 1.36. The summed E-state index contributed by atoms with van der Waals surface area (Å²) in [5.41, 5.74) is 2.94. The van der Waals surface area contributed by atoms with Crippen molar-refractivity contribution in [2.45, 2.75) is 19.1 Å². The number of para-hydroxylation sites is 1. The van der Waals surface area contributed by atoms with E-state index in [1.165, 1.54) is 36.3 Å². The van der Waals surface area contributed by atoms with Gasteiger partial charge in [-0.1, -0.05) is 42.0 Å². The van der Waals surface area contributed by atoms with Crippen LogP contribution in [-0.2, 0) is 14.4 Å². The highest BCUT2D eigenvalue weighted by atomic mass is 19.1. The summed E-state index contributed by atoms with van der Waals surface area (Å²) in [7, 11) is 1.43. The first kappa shape index (κ1) is 26.2. The summed E-state index contributed by atoms with van der Waals surface area (Å²) in [4.78, 5) is 47.5. The number of benzene rings is 4. The van der Waals surface area contributed by atoms with Gasteiger partial charge in [-0.05, 0) is 73.2 Å². The van der Waals surface area contributed by atoms with Crippen LogP contribution in [0.1, 0.15) is 27.5 Å². The smallest absolute Gasteiger partial charge is 0.343 e. The Morgan fingerprint density at radius 1 is 0.829 bits per heavy atom. The molecule has 2 aliphatic heterocycles. The average molecular weight is 553 g/mol. The topological polar surface area (TPSA) is 85.4 Å². The van der Waals surface area contributed by atoms with E-state index in [9.17, 15) is 18.8 Å². The highest BCUT2D eigenvalue weighted by molar-refractivity contribution is 6.23. The fourth-order valence-corrected chi connectivity index (χ4v) is 5.20. The third-order valence-electron chi connectivity index (χ3n) is 7.23. The first-order chi connectivity index (χ1) is 19.9. The summed E-state index contributed by atoms with van der Waals surface area (Å²) in [5.74, 6) is -2.44. The summed E-state index contributed by atoms with van der Waals surface area (Å²) >= 11 is 0. The molecule has 2 amide bonds. The number of carbonyl (C=O) groups is 3. The molecule has 3 atom stereocenters. The Morgan fingerprint density at radius 3 is 2.22 bits per heavy atom. The molecule has 6 rings (SSSR count). The number of aryl methyl sites for hydroxylation is 1. The van der Waals surface area contributed by atoms with Crippen molar-refractivity contribution in [2.75, 3.05) is 17.1 Å². The van der Waals surface area contributed by atoms with E-state index in [-0.39, 0.29) is 23.0 Å². The molecule has 2 heterocycles. The van der Waals surface area contributed by atoms with Gasteiger partial charge in [0, 0.05) is 0 Å². The molecule has 206 valence electrons. The molecule has 0 bridgehead atoms. The zero-order chi connectivity index (χ0) is 28.7. The maximum Gasteiger partial charge on any atom is 0.343 e. The van der Waals surface area contributed by atoms with Gasteiger partial charge in [0.2, 0.25) is 5.91 Å². The van der Waals surface area contributed by atoms with Crippen LogP contribution in [0.4, 0.5) is 15.8 Å². The fraction of sp³-hybridized carbons (Fsp3) is 0.156. The first-order valence-corrected chi connectivity index (χ1v) is 13.0. The fourth-order valence-electron chi connectivity index (χ4n) is 5.20. The largest absolute Gasteiger partial charge is 0.493 e. The van der Waals surface area contributed by atoms with Gasteiger partial charge < -0.3 is 9.47 Å². The minimum absolute atomic E-state index is 0.141. The lowest BCUT2D eigenvalue weighted by molar-refractivity contribution is -0.126. The second-order valence-electron chi connectivity index (χ2n) is 9.81. The van der Waals surface area contributed by atoms with Crippen LogP contribution in [-0.4, -0.2) is 31.0 Å². The zero-order valence-electron chi connectivity index (χ0n) is 22.2. The predicted octanol–water partition coefficient (Wildman–Crippen LogP) is 5.41. The van der Waals surface area contributed by atoms with Crippen molar-refractivity contribution in [3.05, 3.63) is 120 Å². The molecular weight excluding hydrogens is 527 g/mol. The molecule has 4 aromatic rings. The molecule has 2 aliphatic rings. The van der Waals surface area contributed by atoms with Crippen molar-refractivity contribution in [1.82, 2.24) is 0 Å². The molecule has 0 radical (unpaired) electrons. The van der Waals surface area contributed by atoms with Crippen LogP contribution in [0.2, 0.25) is 0 Å². The summed E-state index contributed by atoms with van der Waals surface area (Å²) in [5, 5.41) is 1.58. The number of rotatable bonds is 6. The number of fused-ring (bicyclic) bond motifs is 1. The molecule has 0 aliphatic carbocycles. The number of hydrogen-bond donors (Lipinski definition) is 0. The van der Waals surface area contributed by atoms with Crippen LogP contribution >= 0.6 is 0 Å². The van der Waals surface area contributed by atoms with Crippen LogP contribution in [0, 0.1) is 18.7 Å². The second kappa shape index (κ2) is 10.5. The number of esters is 1. The van der Waals surface area contributed by atoms with Crippen molar-refractivity contribution < 1.29 is 33.1 Å². The van der Waals surface area contributed by atoms with Crippen LogP contribution in [0.15, 0.2) is 97.1 Å². The van der Waals surface area contributed by atoms with E-state index >= 15 is 0 Å². The Labute approximate surface area is 235 Å². The van der Waals surface area contributed by atoms with Gasteiger partial charge in [0.1, 0.15) is 11.7 Å². The van der Waals surface area contributed by atoms with Gasteiger partial charge in [-0.15, -0.1) is 0 Å². The number of ether oxygens (including phenoxy) is 2. The Hall–Kier alpha value is -5.02. The minimum atomic E-state index is -1.03. The Kier molecular flexibility index (Phi) is 6.72. The maximum atomic E-state index is 13.9. The van der Waals surface area contributed by atoms with Crippen molar-refractivity contribution in [3.8, 4) is 11.5 Å². The van der Waals surface area contributed by atoms with Gasteiger partial charge in [0.05, 0.1) is 30.1 Å². The normalized spacial score (nSPS) is 19.8. The molecule has 0 saturated carbocycles. The standard InChI is InChI=1S/C32H25FN2O6/c1-19-8-15-23(16-9-19)34-30(36)27-28(35(41-29(27)31(34)37)24-6-4-3-5-7-24)21-12-17-25(26(18-21)39-2)40-32(38)20-10-13-22(33)14-11-20/h3-18,27-29H,1-2H3/t27-,28+,29+/m1/s1. The number of carbonyl (C=O) groups excluding carboxylic acids is 3. The lowest BCUT2D eigenvalue weighted by atomic mass is 9.90. The van der Waals surface area contributed by atoms with Gasteiger partial charge in [0.25, 0.3) is 5.91 Å². The molecule has 2 saturated heterocycles. The highest BCUT2D eigenvalue weighted by Crippen LogP contribution is 2.48. The Morgan fingerprint density at radius 2 is 1.54 bits per heavy atom. The molecule has 0 unspecified atom stereocenters. The van der Waals surface area contributed by atoms with E-state index in [0.29, 0.717) is 16.9 Å². The van der Waals surface area contributed by atoms with Crippen molar-refractivity contribution in [2.24, 2.45) is 5.92 Å². The van der Waals surface area contributed by atoms with E-state index in [2.05, 4.69) is 0 Å². The molecule has 8 nitrogen and oxygen atoms in total. The molecule has 0 aromatic heterocycles. The highest BCUT2D eigenvalue weighted by Gasteiger charge is 2.60. The number of hydrogen-bond acceptors (Lipinski definition) is 7. The molecular formula is C32H25FN2O6. The number of amides is 2. The molecule has 2 fully saturated rings. The Bertz CT molecular complexity index is 1620. The monoisotopic (exact) mass is 552 g/mol. The number of anilines is 2. The van der Waals surface area contributed by atoms with E-state index in [0.717, 1.165) is 5.56 Å². The summed E-state index contributed by atoms with van der Waals surface area (Å²) < 4.78 is 24.4. The number of imide groups is 1. The first-order valence-electron chi connectivity index (χ1n) is 13.0. The quantitative estimate of drug-likeness (QED) is 0.180. The number of nitrogens with zero attached hydrogens (tertiary/aromatic N) is 2. The van der Waals surface area contributed by atoms with E-state index in [1.807, 2.05) is 49.4 Å². The summed E-state index contributed by atoms with van der Waals surface area (Å²) in [6.07, 6.45) is -1.03. The summed E-state index contributed by atoms with van der Waals surface area (Å²) in [6, 6.07) is 25.6. The van der Waals surface area contributed by atoms with Gasteiger partial charge in [-0.3, -0.25) is 14.4 Å². The van der Waals surface area contributed by atoms with Gasteiger partial charge in [0.15, 0.2) is 17.6 Å². The lowest BCUT2D eigenvalue weighted by Gasteiger charge is -2.29. The zero-order valence-corrected chi connectivity index (χ0v) is 22.2. The number of methoxy groups -OCH3 is 1. The van der Waals surface area contributed by atoms with Gasteiger partial charge >= 0.3 is 5.97 Å². The lowest BCUT2D eigenvalue weighted by Crippen LogP contribution is -2.37. The van der Waals surface area contributed by atoms with E-state index in [4.69, 9.17) is 14.3 Å². The van der Waals surface area contributed by atoms with Gasteiger partial charge in [-0.25, -0.2) is 19.1 Å². The van der Waals surface area contributed by atoms with Crippen molar-refractivity contribution in [1.29, 1.82) is 0 Å². The van der Waals surface area contributed by atoms with Crippen molar-refractivity contribution in [3.63, 3.8) is 0 Å². The molecule has 9 heteroatoms. The minimum Gasteiger partial charge on any atom is -0.493 e. The third kappa shape index (κ3) is 4.70. The molecule has 41 heavy (non-hydrogen) atoms. The van der Waals surface area contributed by atoms with Crippen LogP contribution in [0.3, 0.4) is 0 Å².